The normalized spacial score (nSPS) is 12.5. The molecule has 1 atom stereocenters. The van der Waals surface area contributed by atoms with Crippen molar-refractivity contribution in [3.05, 3.63) is 62.7 Å². The Labute approximate surface area is 164 Å². The molecule has 0 aliphatic rings. The van der Waals surface area contributed by atoms with Gasteiger partial charge in [0.2, 0.25) is 4.77 Å². The summed E-state index contributed by atoms with van der Waals surface area (Å²) in [5.74, 6) is 1.45. The van der Waals surface area contributed by atoms with E-state index in [4.69, 9.17) is 12.2 Å². The number of aromatic amines is 2. The van der Waals surface area contributed by atoms with Crippen molar-refractivity contribution >= 4 is 34.5 Å². The first kappa shape index (κ1) is 17.8. The standard InChI is InChI=1S/C18H18N6OS2/c1-2-23(10-15-19-13-7-4-3-6-12(13)17(25)20-15)11-24-18(26)21-16(22-24)14-8-5-9-27-14/h3-9H,2,10-11H2,1H3,(H,19,20,25)(H,21,22,26)/p+1. The number of H-pyrrole nitrogens is 2. The second kappa shape index (κ2) is 7.55. The van der Waals surface area contributed by atoms with Crippen LogP contribution in [0.2, 0.25) is 0 Å². The molecule has 0 radical (unpaired) electrons. The van der Waals surface area contributed by atoms with E-state index in [2.05, 4.69) is 27.0 Å². The fourth-order valence-electron chi connectivity index (χ4n) is 2.96. The number of nitrogens with one attached hydrogen (secondary N) is 3. The molecule has 4 rings (SSSR count). The molecule has 1 unspecified atom stereocenters. The first-order valence-electron chi connectivity index (χ1n) is 8.66. The van der Waals surface area contributed by atoms with Crippen LogP contribution in [0.15, 0.2) is 46.6 Å². The lowest BCUT2D eigenvalue weighted by Gasteiger charge is -2.17. The second-order valence-electron chi connectivity index (χ2n) is 6.23. The van der Waals surface area contributed by atoms with E-state index in [0.29, 0.717) is 34.7 Å². The van der Waals surface area contributed by atoms with Crippen LogP contribution in [0, 0.1) is 4.77 Å². The Morgan fingerprint density at radius 1 is 1.22 bits per heavy atom. The van der Waals surface area contributed by atoms with E-state index < -0.39 is 0 Å². The lowest BCUT2D eigenvalue weighted by atomic mass is 10.2. The summed E-state index contributed by atoms with van der Waals surface area (Å²) in [5, 5.41) is 5.89. The Morgan fingerprint density at radius 3 is 2.85 bits per heavy atom. The number of quaternary nitrogens is 1. The van der Waals surface area contributed by atoms with Crippen LogP contribution in [0.25, 0.3) is 21.6 Å². The minimum atomic E-state index is -0.107. The lowest BCUT2D eigenvalue weighted by Crippen LogP contribution is -3.09. The molecule has 7 nitrogen and oxygen atoms in total. The molecule has 0 bridgehead atoms. The molecule has 0 fully saturated rings. The van der Waals surface area contributed by atoms with Crippen molar-refractivity contribution in [1.29, 1.82) is 0 Å². The average molecular weight is 400 g/mol. The summed E-state index contributed by atoms with van der Waals surface area (Å²) in [6.45, 7) is 4.15. The molecule has 4 aromatic rings. The van der Waals surface area contributed by atoms with Crippen LogP contribution in [0.4, 0.5) is 0 Å². The van der Waals surface area contributed by atoms with Gasteiger partial charge in [-0.15, -0.1) is 11.3 Å². The molecule has 9 heteroatoms. The van der Waals surface area contributed by atoms with Gasteiger partial charge in [0.25, 0.3) is 5.56 Å². The highest BCUT2D eigenvalue weighted by Gasteiger charge is 2.14. The van der Waals surface area contributed by atoms with Crippen molar-refractivity contribution in [2.75, 3.05) is 6.54 Å². The number of fused-ring (bicyclic) bond motifs is 1. The molecule has 27 heavy (non-hydrogen) atoms. The Kier molecular flexibility index (Phi) is 4.97. The molecule has 3 aromatic heterocycles. The summed E-state index contributed by atoms with van der Waals surface area (Å²) < 4.78 is 2.38. The van der Waals surface area contributed by atoms with Gasteiger partial charge in [0, 0.05) is 0 Å². The van der Waals surface area contributed by atoms with Crippen LogP contribution < -0.4 is 10.5 Å². The zero-order valence-corrected chi connectivity index (χ0v) is 16.4. The molecule has 3 heterocycles. The van der Waals surface area contributed by atoms with Crippen LogP contribution in [0.1, 0.15) is 12.7 Å². The summed E-state index contributed by atoms with van der Waals surface area (Å²) in [5.41, 5.74) is 0.606. The minimum Gasteiger partial charge on any atom is -0.310 e. The van der Waals surface area contributed by atoms with E-state index >= 15 is 0 Å². The predicted molar refractivity (Wildman–Crippen MR) is 108 cm³/mol. The quantitative estimate of drug-likeness (QED) is 0.433. The summed E-state index contributed by atoms with van der Waals surface area (Å²) in [6, 6.07) is 11.4. The van der Waals surface area contributed by atoms with Crippen LogP contribution in [-0.2, 0) is 13.2 Å². The molecule has 0 saturated heterocycles. The molecular weight excluding hydrogens is 380 g/mol. The molecule has 0 amide bonds. The van der Waals surface area contributed by atoms with E-state index in [-0.39, 0.29) is 5.56 Å². The first-order valence-corrected chi connectivity index (χ1v) is 9.95. The number of para-hydroxylation sites is 1. The maximum absolute atomic E-state index is 12.3. The monoisotopic (exact) mass is 399 g/mol. The van der Waals surface area contributed by atoms with E-state index in [1.165, 1.54) is 4.90 Å². The molecule has 1 aromatic carbocycles. The number of nitrogens with zero attached hydrogens (tertiary/aromatic N) is 3. The number of hydrogen-bond donors (Lipinski definition) is 3. The topological polar surface area (TPSA) is 83.8 Å². The van der Waals surface area contributed by atoms with Gasteiger partial charge in [-0.3, -0.25) is 9.89 Å². The third-order valence-corrected chi connectivity index (χ3v) is 5.58. The minimum absolute atomic E-state index is 0.107. The van der Waals surface area contributed by atoms with Crippen molar-refractivity contribution < 1.29 is 4.90 Å². The van der Waals surface area contributed by atoms with Gasteiger partial charge in [-0.1, -0.05) is 18.2 Å². The van der Waals surface area contributed by atoms with E-state index in [9.17, 15) is 4.79 Å². The van der Waals surface area contributed by atoms with Gasteiger partial charge in [-0.05, 0) is 42.7 Å². The Bertz CT molecular complexity index is 1170. The maximum Gasteiger partial charge on any atom is 0.258 e. The van der Waals surface area contributed by atoms with E-state index in [1.807, 2.05) is 40.4 Å². The van der Waals surface area contributed by atoms with Crippen LogP contribution >= 0.6 is 23.6 Å². The maximum atomic E-state index is 12.3. The first-order chi connectivity index (χ1) is 13.1. The fourth-order valence-corrected chi connectivity index (χ4v) is 3.82. The van der Waals surface area contributed by atoms with Crippen LogP contribution in [-0.4, -0.2) is 31.3 Å². The molecule has 0 spiro atoms. The molecule has 0 aliphatic carbocycles. The van der Waals surface area contributed by atoms with Crippen molar-refractivity contribution in [3.63, 3.8) is 0 Å². The molecule has 3 N–H and O–H groups in total. The molecule has 0 aliphatic heterocycles. The lowest BCUT2D eigenvalue weighted by molar-refractivity contribution is -0.935. The number of thiophene rings is 1. The number of aromatic nitrogens is 5. The van der Waals surface area contributed by atoms with Gasteiger partial charge >= 0.3 is 0 Å². The molecule has 0 saturated carbocycles. The number of benzene rings is 1. The smallest absolute Gasteiger partial charge is 0.258 e. The highest BCUT2D eigenvalue weighted by molar-refractivity contribution is 7.71. The highest BCUT2D eigenvalue weighted by Crippen LogP contribution is 2.20. The highest BCUT2D eigenvalue weighted by atomic mass is 32.1. The van der Waals surface area contributed by atoms with Crippen molar-refractivity contribution in [3.8, 4) is 10.7 Å². The fraction of sp³-hybridized carbons (Fsp3) is 0.222. The summed E-state index contributed by atoms with van der Waals surface area (Å²) >= 11 is 7.02. The number of rotatable bonds is 6. The Morgan fingerprint density at radius 2 is 2.07 bits per heavy atom. The molecule has 138 valence electrons. The van der Waals surface area contributed by atoms with Crippen molar-refractivity contribution in [2.24, 2.45) is 0 Å². The zero-order chi connectivity index (χ0) is 18.8. The van der Waals surface area contributed by atoms with E-state index in [0.717, 1.165) is 17.2 Å². The van der Waals surface area contributed by atoms with Gasteiger partial charge in [0.1, 0.15) is 6.54 Å². The van der Waals surface area contributed by atoms with Gasteiger partial charge in [-0.2, -0.15) is 4.98 Å². The van der Waals surface area contributed by atoms with E-state index in [1.54, 1.807) is 17.4 Å². The van der Waals surface area contributed by atoms with Crippen LogP contribution in [0.5, 0.6) is 0 Å². The SMILES string of the molecule is CC[NH+](Cc1nc2ccccc2c(=O)[nH]1)Cn1[nH]c(-c2cccs2)nc1=S. The zero-order valence-electron chi connectivity index (χ0n) is 14.7. The predicted octanol–water partition coefficient (Wildman–Crippen LogP) is 1.97. The Hall–Kier alpha value is -2.62. The van der Waals surface area contributed by atoms with Crippen molar-refractivity contribution in [2.45, 2.75) is 20.1 Å². The van der Waals surface area contributed by atoms with Gasteiger partial charge in [0.05, 0.1) is 22.3 Å². The van der Waals surface area contributed by atoms with Crippen molar-refractivity contribution in [1.82, 2.24) is 24.7 Å². The van der Waals surface area contributed by atoms with Gasteiger partial charge < -0.3 is 9.88 Å². The summed E-state index contributed by atoms with van der Waals surface area (Å²) in [7, 11) is 0. The number of hydrogen-bond acceptors (Lipinski definition) is 5. The van der Waals surface area contributed by atoms with Gasteiger partial charge in [0.15, 0.2) is 18.3 Å². The second-order valence-corrected chi connectivity index (χ2v) is 7.54. The average Bonchev–Trinajstić information content (AvgIpc) is 3.31. The third-order valence-electron chi connectivity index (χ3n) is 4.39. The third kappa shape index (κ3) is 3.75. The Balaban J connectivity index is 1.57. The largest absolute Gasteiger partial charge is 0.310 e. The molecular formula is C18H19N6OS2+. The van der Waals surface area contributed by atoms with Gasteiger partial charge in [-0.25, -0.2) is 9.67 Å². The van der Waals surface area contributed by atoms with Crippen LogP contribution in [0.3, 0.4) is 0 Å². The summed E-state index contributed by atoms with van der Waals surface area (Å²) in [4.78, 5) is 26.5. The summed E-state index contributed by atoms with van der Waals surface area (Å²) in [6.07, 6.45) is 0.